The van der Waals surface area contributed by atoms with E-state index in [0.717, 1.165) is 16.7 Å². The predicted molar refractivity (Wildman–Crippen MR) is 89.2 cm³/mol. The molecule has 116 valence electrons. The molecule has 1 aliphatic heterocycles. The van der Waals surface area contributed by atoms with Gasteiger partial charge >= 0.3 is 0 Å². The predicted octanol–water partition coefficient (Wildman–Crippen LogP) is 1.53. The first-order chi connectivity index (χ1) is 10.3. The Morgan fingerprint density at radius 1 is 1.50 bits per heavy atom. The summed E-state index contributed by atoms with van der Waals surface area (Å²) in [6.07, 6.45) is 1.50. The van der Waals surface area contributed by atoms with Crippen molar-refractivity contribution in [3.05, 3.63) is 26.2 Å². The monoisotopic (exact) mass is 434 g/mol. The summed E-state index contributed by atoms with van der Waals surface area (Å²) >= 11 is 2.65. The highest BCUT2D eigenvalue weighted by Crippen LogP contribution is 2.36. The molecular formula is C13H11IN2O5S. The molecule has 7 nitrogen and oxygen atoms in total. The highest BCUT2D eigenvalue weighted by molar-refractivity contribution is 14.1. The summed E-state index contributed by atoms with van der Waals surface area (Å²) in [7, 11) is 1.41. The molecule has 1 saturated heterocycles. The van der Waals surface area contributed by atoms with Crippen molar-refractivity contribution in [2.24, 2.45) is 5.73 Å². The summed E-state index contributed by atoms with van der Waals surface area (Å²) in [6, 6.07) is 3.18. The molecule has 0 aliphatic carbocycles. The molecule has 0 spiro atoms. The average Bonchev–Trinajstić information content (AvgIpc) is 2.70. The fourth-order valence-corrected chi connectivity index (χ4v) is 3.24. The highest BCUT2D eigenvalue weighted by Gasteiger charge is 2.35. The second-order valence-corrected chi connectivity index (χ2v) is 6.44. The molecule has 9 heteroatoms. The number of phenols is 1. The van der Waals surface area contributed by atoms with Gasteiger partial charge in [-0.25, -0.2) is 0 Å². The van der Waals surface area contributed by atoms with Crippen LogP contribution >= 0.6 is 34.4 Å². The molecule has 1 aromatic rings. The van der Waals surface area contributed by atoms with Gasteiger partial charge in [-0.05, 0) is 58.1 Å². The third-order valence-corrected chi connectivity index (χ3v) is 4.49. The number of imide groups is 1. The fraction of sp³-hybridized carbons (Fsp3) is 0.154. The Hall–Kier alpha value is -1.75. The maximum atomic E-state index is 12.1. The summed E-state index contributed by atoms with van der Waals surface area (Å²) in [5, 5.41) is 9.23. The Kier molecular flexibility index (Phi) is 4.96. The van der Waals surface area contributed by atoms with E-state index in [4.69, 9.17) is 10.5 Å². The number of carbonyl (C=O) groups excluding carboxylic acids is 3. The van der Waals surface area contributed by atoms with Gasteiger partial charge in [-0.2, -0.15) is 0 Å². The molecule has 2 rings (SSSR count). The lowest BCUT2D eigenvalue weighted by molar-refractivity contribution is -0.127. The van der Waals surface area contributed by atoms with E-state index in [1.165, 1.54) is 13.2 Å². The van der Waals surface area contributed by atoms with Gasteiger partial charge < -0.3 is 15.6 Å². The van der Waals surface area contributed by atoms with Crippen LogP contribution in [-0.4, -0.2) is 40.7 Å². The van der Waals surface area contributed by atoms with E-state index in [-0.39, 0.29) is 16.4 Å². The van der Waals surface area contributed by atoms with E-state index in [2.05, 4.69) is 0 Å². The number of hydrogen-bond acceptors (Lipinski definition) is 6. The number of rotatable bonds is 4. The van der Waals surface area contributed by atoms with Crippen LogP contribution in [0, 0.1) is 3.57 Å². The average molecular weight is 434 g/mol. The number of thioether (sulfide) groups is 1. The maximum Gasteiger partial charge on any atom is 0.294 e. The number of nitrogens with two attached hydrogens (primary N) is 1. The molecule has 22 heavy (non-hydrogen) atoms. The van der Waals surface area contributed by atoms with Crippen molar-refractivity contribution in [2.75, 3.05) is 13.7 Å². The molecule has 0 radical (unpaired) electrons. The Morgan fingerprint density at radius 3 is 2.77 bits per heavy atom. The second-order valence-electron chi connectivity index (χ2n) is 4.29. The number of amides is 3. The fourth-order valence-electron chi connectivity index (χ4n) is 1.78. The van der Waals surface area contributed by atoms with Gasteiger partial charge in [0.05, 0.1) is 15.6 Å². The number of aromatic hydroxyl groups is 1. The molecule has 0 saturated carbocycles. The molecule has 0 unspecified atom stereocenters. The van der Waals surface area contributed by atoms with Crippen LogP contribution in [0.4, 0.5) is 4.79 Å². The summed E-state index contributed by atoms with van der Waals surface area (Å²) in [4.78, 5) is 35.7. The van der Waals surface area contributed by atoms with Crippen molar-refractivity contribution in [1.29, 1.82) is 0 Å². The van der Waals surface area contributed by atoms with Crippen LogP contribution in [0.15, 0.2) is 17.0 Å². The second kappa shape index (κ2) is 6.57. The standard InChI is InChI=1S/C13H11IN2O5S/c1-21-8-3-6(2-7(14)11(8)18)4-9-12(19)16(5-10(15)17)13(20)22-9/h2-4,18H,5H2,1H3,(H2,15,17)/b9-4-. The Balaban J connectivity index is 2.34. The smallest absolute Gasteiger partial charge is 0.294 e. The molecule has 0 atom stereocenters. The van der Waals surface area contributed by atoms with E-state index in [9.17, 15) is 19.5 Å². The first-order valence-electron chi connectivity index (χ1n) is 5.93. The van der Waals surface area contributed by atoms with Crippen LogP contribution in [0.1, 0.15) is 5.56 Å². The first kappa shape index (κ1) is 16.6. The van der Waals surface area contributed by atoms with Gasteiger partial charge in [0, 0.05) is 0 Å². The normalized spacial score (nSPS) is 16.5. The zero-order chi connectivity index (χ0) is 16.4. The number of hydrogen-bond donors (Lipinski definition) is 2. The molecule has 0 aromatic heterocycles. The molecule has 1 fully saturated rings. The first-order valence-corrected chi connectivity index (χ1v) is 7.83. The van der Waals surface area contributed by atoms with Gasteiger partial charge in [0.25, 0.3) is 11.1 Å². The van der Waals surface area contributed by atoms with Gasteiger partial charge in [0.1, 0.15) is 6.54 Å². The van der Waals surface area contributed by atoms with E-state index in [1.54, 1.807) is 12.1 Å². The summed E-state index contributed by atoms with van der Waals surface area (Å²) in [6.45, 7) is -0.446. The minimum absolute atomic E-state index is 0.00193. The number of nitrogens with zero attached hydrogens (tertiary/aromatic N) is 1. The summed E-state index contributed by atoms with van der Waals surface area (Å²) in [5.41, 5.74) is 5.60. The SMILES string of the molecule is COc1cc(/C=C2\SC(=O)N(CC(N)=O)C2=O)cc(I)c1O. The molecular weight excluding hydrogens is 423 g/mol. The van der Waals surface area contributed by atoms with Gasteiger partial charge in [-0.3, -0.25) is 19.3 Å². The Bertz CT molecular complexity index is 704. The number of phenolic OH excluding ortho intramolecular Hbond substituents is 1. The van der Waals surface area contributed by atoms with Crippen LogP contribution in [0.3, 0.4) is 0 Å². The van der Waals surface area contributed by atoms with E-state index < -0.39 is 23.6 Å². The van der Waals surface area contributed by atoms with E-state index in [1.807, 2.05) is 22.6 Å². The number of primary amides is 1. The molecule has 0 bridgehead atoms. The lowest BCUT2D eigenvalue weighted by Gasteiger charge is -2.09. The maximum absolute atomic E-state index is 12.1. The minimum atomic E-state index is -0.760. The Labute approximate surface area is 143 Å². The zero-order valence-corrected chi connectivity index (χ0v) is 14.3. The van der Waals surface area contributed by atoms with Crippen LogP contribution < -0.4 is 10.5 Å². The molecule has 3 amide bonds. The highest BCUT2D eigenvalue weighted by atomic mass is 127. The third kappa shape index (κ3) is 3.35. The van der Waals surface area contributed by atoms with Crippen LogP contribution in [-0.2, 0) is 9.59 Å². The van der Waals surface area contributed by atoms with Crippen molar-refractivity contribution >= 4 is 57.5 Å². The molecule has 1 aromatic carbocycles. The van der Waals surface area contributed by atoms with Crippen molar-refractivity contribution in [2.45, 2.75) is 0 Å². The van der Waals surface area contributed by atoms with Gasteiger partial charge in [-0.1, -0.05) is 0 Å². The Morgan fingerprint density at radius 2 is 2.18 bits per heavy atom. The van der Waals surface area contributed by atoms with Crippen molar-refractivity contribution < 1.29 is 24.2 Å². The molecule has 3 N–H and O–H groups in total. The lowest BCUT2D eigenvalue weighted by Crippen LogP contribution is -2.36. The van der Waals surface area contributed by atoms with Crippen molar-refractivity contribution in [1.82, 2.24) is 4.90 Å². The number of benzene rings is 1. The van der Waals surface area contributed by atoms with Gasteiger partial charge in [-0.15, -0.1) is 0 Å². The van der Waals surface area contributed by atoms with E-state index >= 15 is 0 Å². The summed E-state index contributed by atoms with van der Waals surface area (Å²) in [5.74, 6) is -1.07. The molecule has 1 heterocycles. The van der Waals surface area contributed by atoms with Gasteiger partial charge in [0.2, 0.25) is 5.91 Å². The van der Waals surface area contributed by atoms with Gasteiger partial charge in [0.15, 0.2) is 11.5 Å². The quantitative estimate of drug-likeness (QED) is 0.550. The topological polar surface area (TPSA) is 110 Å². The minimum Gasteiger partial charge on any atom is -0.504 e. The molecule has 1 aliphatic rings. The number of halogens is 1. The van der Waals surface area contributed by atoms with E-state index in [0.29, 0.717) is 9.13 Å². The van der Waals surface area contributed by atoms with Crippen molar-refractivity contribution in [3.8, 4) is 11.5 Å². The largest absolute Gasteiger partial charge is 0.504 e. The lowest BCUT2D eigenvalue weighted by atomic mass is 10.2. The number of carbonyl (C=O) groups is 3. The van der Waals surface area contributed by atoms with Crippen LogP contribution in [0.25, 0.3) is 6.08 Å². The summed E-state index contributed by atoms with van der Waals surface area (Å²) < 4.78 is 5.58. The number of methoxy groups -OCH3 is 1. The van der Waals surface area contributed by atoms with Crippen LogP contribution in [0.2, 0.25) is 0 Å². The number of ether oxygens (including phenoxy) is 1. The third-order valence-electron chi connectivity index (χ3n) is 2.76. The van der Waals surface area contributed by atoms with Crippen molar-refractivity contribution in [3.63, 3.8) is 0 Å². The van der Waals surface area contributed by atoms with Crippen LogP contribution in [0.5, 0.6) is 11.5 Å². The zero-order valence-electron chi connectivity index (χ0n) is 11.3.